The highest BCUT2D eigenvalue weighted by molar-refractivity contribution is 7.80. The molecule has 0 bridgehead atoms. The van der Waals surface area contributed by atoms with Crippen LogP contribution in [0.1, 0.15) is 11.1 Å². The Kier molecular flexibility index (Phi) is 6.80. The van der Waals surface area contributed by atoms with Crippen molar-refractivity contribution in [1.82, 2.24) is 5.32 Å². The first kappa shape index (κ1) is 19.0. The zero-order valence-electron chi connectivity index (χ0n) is 14.4. The van der Waals surface area contributed by atoms with Gasteiger partial charge < -0.3 is 20.3 Å². The maximum absolute atomic E-state index is 13.2. The second kappa shape index (κ2) is 9.28. The van der Waals surface area contributed by atoms with Crippen molar-refractivity contribution in [2.75, 3.05) is 31.6 Å². The SMILES string of the molecule is Fc1ccc(NC(=S)NCc2ccc(C[NH+]3CCOCC3)cc2)cc1Cl. The van der Waals surface area contributed by atoms with Gasteiger partial charge in [-0.05, 0) is 36.0 Å². The van der Waals surface area contributed by atoms with E-state index in [1.165, 1.54) is 17.7 Å². The normalized spacial score (nSPS) is 14.8. The first-order valence-corrected chi connectivity index (χ1v) is 9.38. The van der Waals surface area contributed by atoms with Gasteiger partial charge in [-0.3, -0.25) is 0 Å². The van der Waals surface area contributed by atoms with Gasteiger partial charge in [-0.25, -0.2) is 4.39 Å². The molecular weight excluding hydrogens is 373 g/mol. The Morgan fingerprint density at radius 2 is 1.81 bits per heavy atom. The monoisotopic (exact) mass is 394 g/mol. The third-order valence-corrected chi connectivity index (χ3v) is 4.84. The van der Waals surface area contributed by atoms with Crippen LogP contribution >= 0.6 is 23.8 Å². The molecule has 0 unspecified atom stereocenters. The van der Waals surface area contributed by atoms with E-state index in [1.54, 1.807) is 11.0 Å². The molecule has 1 aliphatic rings. The summed E-state index contributed by atoms with van der Waals surface area (Å²) in [4.78, 5) is 1.56. The smallest absolute Gasteiger partial charge is 0.171 e. The van der Waals surface area contributed by atoms with Crippen molar-refractivity contribution in [3.63, 3.8) is 0 Å². The fourth-order valence-electron chi connectivity index (χ4n) is 2.83. The van der Waals surface area contributed by atoms with Gasteiger partial charge in [0.1, 0.15) is 25.5 Å². The number of halogens is 2. The van der Waals surface area contributed by atoms with Crippen molar-refractivity contribution < 1.29 is 14.0 Å². The minimum atomic E-state index is -0.449. The van der Waals surface area contributed by atoms with E-state index in [4.69, 9.17) is 28.6 Å². The van der Waals surface area contributed by atoms with Gasteiger partial charge in [-0.1, -0.05) is 35.9 Å². The lowest BCUT2D eigenvalue weighted by atomic mass is 10.1. The Morgan fingerprint density at radius 3 is 2.50 bits per heavy atom. The summed E-state index contributed by atoms with van der Waals surface area (Å²) in [5.41, 5.74) is 3.12. The average Bonchev–Trinajstić information content (AvgIpc) is 2.65. The summed E-state index contributed by atoms with van der Waals surface area (Å²) in [5.74, 6) is -0.449. The number of hydrogen-bond acceptors (Lipinski definition) is 2. The summed E-state index contributed by atoms with van der Waals surface area (Å²) in [6.07, 6.45) is 0. The summed E-state index contributed by atoms with van der Waals surface area (Å²) in [7, 11) is 0. The summed E-state index contributed by atoms with van der Waals surface area (Å²) >= 11 is 11.0. The van der Waals surface area contributed by atoms with Gasteiger partial charge in [0.25, 0.3) is 0 Å². The average molecular weight is 395 g/mol. The van der Waals surface area contributed by atoms with E-state index >= 15 is 0 Å². The predicted molar refractivity (Wildman–Crippen MR) is 106 cm³/mol. The molecule has 1 heterocycles. The number of benzene rings is 2. The molecule has 1 fully saturated rings. The van der Waals surface area contributed by atoms with Crippen LogP contribution in [-0.4, -0.2) is 31.4 Å². The molecular formula is C19H22ClFN3OS+. The highest BCUT2D eigenvalue weighted by Crippen LogP contribution is 2.19. The van der Waals surface area contributed by atoms with E-state index in [0.29, 0.717) is 17.3 Å². The third-order valence-electron chi connectivity index (χ3n) is 4.31. The van der Waals surface area contributed by atoms with Crippen LogP contribution in [0.4, 0.5) is 10.1 Å². The minimum absolute atomic E-state index is 0.0655. The van der Waals surface area contributed by atoms with E-state index in [1.807, 2.05) is 0 Å². The van der Waals surface area contributed by atoms with E-state index in [0.717, 1.165) is 38.4 Å². The minimum Gasteiger partial charge on any atom is -0.370 e. The van der Waals surface area contributed by atoms with E-state index in [-0.39, 0.29) is 5.02 Å². The lowest BCUT2D eigenvalue weighted by Crippen LogP contribution is -3.12. The zero-order chi connectivity index (χ0) is 18.4. The van der Waals surface area contributed by atoms with Gasteiger partial charge in [-0.2, -0.15) is 0 Å². The Labute approximate surface area is 163 Å². The van der Waals surface area contributed by atoms with Gasteiger partial charge in [0.05, 0.1) is 18.2 Å². The van der Waals surface area contributed by atoms with Gasteiger partial charge in [0, 0.05) is 17.8 Å². The Hall–Kier alpha value is -1.73. The van der Waals surface area contributed by atoms with E-state index < -0.39 is 5.82 Å². The molecule has 4 nitrogen and oxygen atoms in total. The molecule has 7 heteroatoms. The number of quaternary nitrogens is 1. The molecule has 26 heavy (non-hydrogen) atoms. The number of hydrogen-bond donors (Lipinski definition) is 3. The Balaban J connectivity index is 1.46. The topological polar surface area (TPSA) is 37.7 Å². The van der Waals surface area contributed by atoms with Crippen LogP contribution in [0, 0.1) is 5.82 Å². The molecule has 0 spiro atoms. The van der Waals surface area contributed by atoms with Crippen LogP contribution in [0.2, 0.25) is 5.02 Å². The maximum atomic E-state index is 13.2. The molecule has 0 aliphatic carbocycles. The maximum Gasteiger partial charge on any atom is 0.171 e. The fraction of sp³-hybridized carbons (Fsp3) is 0.316. The molecule has 1 aliphatic heterocycles. The van der Waals surface area contributed by atoms with Gasteiger partial charge in [0.2, 0.25) is 0 Å². The number of anilines is 1. The quantitative estimate of drug-likeness (QED) is 0.681. The summed E-state index contributed by atoms with van der Waals surface area (Å²) in [5, 5.41) is 6.68. The number of rotatable bonds is 5. The van der Waals surface area contributed by atoms with Gasteiger partial charge >= 0.3 is 0 Å². The van der Waals surface area contributed by atoms with Crippen molar-refractivity contribution in [3.05, 3.63) is 64.4 Å². The van der Waals surface area contributed by atoms with E-state index in [9.17, 15) is 4.39 Å². The van der Waals surface area contributed by atoms with Gasteiger partial charge in [-0.15, -0.1) is 0 Å². The zero-order valence-corrected chi connectivity index (χ0v) is 15.9. The molecule has 2 aromatic rings. The molecule has 3 rings (SSSR count). The molecule has 1 saturated heterocycles. The van der Waals surface area contributed by atoms with Crippen molar-refractivity contribution in [2.24, 2.45) is 0 Å². The first-order chi connectivity index (χ1) is 12.6. The number of nitrogens with one attached hydrogen (secondary N) is 3. The first-order valence-electron chi connectivity index (χ1n) is 8.59. The van der Waals surface area contributed by atoms with E-state index in [2.05, 4.69) is 34.9 Å². The lowest BCUT2D eigenvalue weighted by Gasteiger charge is -2.23. The highest BCUT2D eigenvalue weighted by Gasteiger charge is 2.13. The van der Waals surface area contributed by atoms with Crippen molar-refractivity contribution in [3.8, 4) is 0 Å². The largest absolute Gasteiger partial charge is 0.370 e. The highest BCUT2D eigenvalue weighted by atomic mass is 35.5. The molecule has 138 valence electrons. The van der Waals surface area contributed by atoms with Crippen LogP contribution in [0.5, 0.6) is 0 Å². The summed E-state index contributed by atoms with van der Waals surface area (Å²) < 4.78 is 18.6. The number of thiocarbonyl (C=S) groups is 1. The predicted octanol–water partition coefficient (Wildman–Crippen LogP) is 2.38. The number of morpholine rings is 1. The molecule has 0 radical (unpaired) electrons. The molecule has 0 aromatic heterocycles. The van der Waals surface area contributed by atoms with Crippen LogP contribution < -0.4 is 15.5 Å². The lowest BCUT2D eigenvalue weighted by molar-refractivity contribution is -0.921. The molecule has 0 amide bonds. The number of ether oxygens (including phenoxy) is 1. The van der Waals surface area contributed by atoms with Crippen LogP contribution in [0.25, 0.3) is 0 Å². The van der Waals surface area contributed by atoms with Crippen molar-refractivity contribution in [2.45, 2.75) is 13.1 Å². The molecule has 3 N–H and O–H groups in total. The molecule has 0 saturated carbocycles. The summed E-state index contributed by atoms with van der Waals surface area (Å²) in [6, 6.07) is 13.0. The Morgan fingerprint density at radius 1 is 1.12 bits per heavy atom. The Bertz CT molecular complexity index is 751. The summed E-state index contributed by atoms with van der Waals surface area (Å²) in [6.45, 7) is 5.48. The molecule has 2 aromatic carbocycles. The van der Waals surface area contributed by atoms with Crippen LogP contribution in [-0.2, 0) is 17.8 Å². The van der Waals surface area contributed by atoms with Crippen LogP contribution in [0.3, 0.4) is 0 Å². The standard InChI is InChI=1S/C19H21ClFN3OS/c20-17-11-16(5-6-18(17)21)23-19(26)22-12-14-1-3-15(4-2-14)13-24-7-9-25-10-8-24/h1-6,11H,7-10,12-13H2,(H2,22,23,26)/p+1. The third kappa shape index (κ3) is 5.64. The van der Waals surface area contributed by atoms with Crippen molar-refractivity contribution >= 4 is 34.6 Å². The van der Waals surface area contributed by atoms with Crippen molar-refractivity contribution in [1.29, 1.82) is 0 Å². The van der Waals surface area contributed by atoms with Gasteiger partial charge in [0.15, 0.2) is 5.11 Å². The molecule has 0 atom stereocenters. The van der Waals surface area contributed by atoms with Crippen LogP contribution in [0.15, 0.2) is 42.5 Å². The second-order valence-corrected chi connectivity index (χ2v) is 7.11. The fourth-order valence-corrected chi connectivity index (χ4v) is 3.20. The second-order valence-electron chi connectivity index (χ2n) is 6.29.